The zero-order valence-corrected chi connectivity index (χ0v) is 48.3. The lowest BCUT2D eigenvalue weighted by atomic mass is 9.28. The van der Waals surface area contributed by atoms with Crippen LogP contribution in [0.25, 0.3) is 11.1 Å². The van der Waals surface area contributed by atoms with Crippen LogP contribution in [0, 0.1) is 0 Å². The van der Waals surface area contributed by atoms with Crippen LogP contribution in [0.15, 0.2) is 200 Å². The Morgan fingerprint density at radius 3 is 1.30 bits per heavy atom. The van der Waals surface area contributed by atoms with E-state index >= 15 is 0 Å². The molecular formula is C75H74BN3. The van der Waals surface area contributed by atoms with Gasteiger partial charge in [-0.2, -0.15) is 0 Å². The van der Waals surface area contributed by atoms with Gasteiger partial charge < -0.3 is 14.7 Å². The van der Waals surface area contributed by atoms with E-state index in [2.05, 4.69) is 291 Å². The summed E-state index contributed by atoms with van der Waals surface area (Å²) in [5.41, 5.74) is 26.6. The molecule has 0 bridgehead atoms. The fraction of sp³-hybridized carbons (Fsp3) is 0.280. The highest BCUT2D eigenvalue weighted by Gasteiger charge is 2.59. The van der Waals surface area contributed by atoms with Crippen LogP contribution in [0.4, 0.5) is 45.5 Å². The van der Waals surface area contributed by atoms with Crippen molar-refractivity contribution in [3.63, 3.8) is 0 Å². The predicted molar refractivity (Wildman–Crippen MR) is 337 cm³/mol. The van der Waals surface area contributed by atoms with Gasteiger partial charge in [0.2, 0.25) is 0 Å². The molecule has 0 saturated heterocycles. The highest BCUT2D eigenvalue weighted by molar-refractivity contribution is 7.01. The fourth-order valence-electron chi connectivity index (χ4n) is 15.4. The van der Waals surface area contributed by atoms with Gasteiger partial charge in [0.25, 0.3) is 6.71 Å². The van der Waals surface area contributed by atoms with E-state index in [1.807, 2.05) is 0 Å². The average molecular weight is 1030 g/mol. The van der Waals surface area contributed by atoms with E-state index in [-0.39, 0.29) is 33.9 Å². The summed E-state index contributed by atoms with van der Waals surface area (Å²) in [4.78, 5) is 8.14. The summed E-state index contributed by atoms with van der Waals surface area (Å²) < 4.78 is 0. The molecule has 392 valence electrons. The molecule has 3 nitrogen and oxygen atoms in total. The van der Waals surface area contributed by atoms with Crippen molar-refractivity contribution in [2.75, 3.05) is 14.7 Å². The van der Waals surface area contributed by atoms with Gasteiger partial charge >= 0.3 is 0 Å². The van der Waals surface area contributed by atoms with E-state index < -0.39 is 5.41 Å². The first-order chi connectivity index (χ1) is 37.8. The largest absolute Gasteiger partial charge is 0.334 e. The zero-order valence-electron chi connectivity index (χ0n) is 48.3. The minimum atomic E-state index is -0.619. The molecule has 2 unspecified atom stereocenters. The van der Waals surface area contributed by atoms with Crippen molar-refractivity contribution in [3.8, 4) is 11.1 Å². The molecule has 5 aliphatic rings. The van der Waals surface area contributed by atoms with Gasteiger partial charge in [-0.3, -0.25) is 0 Å². The summed E-state index contributed by atoms with van der Waals surface area (Å²) >= 11 is 0. The Kier molecular flexibility index (Phi) is 10.8. The maximum absolute atomic E-state index is 2.82. The van der Waals surface area contributed by atoms with E-state index in [1.54, 1.807) is 0 Å². The molecule has 79 heavy (non-hydrogen) atoms. The monoisotopic (exact) mass is 1030 g/mol. The minimum Gasteiger partial charge on any atom is -0.334 e. The van der Waals surface area contributed by atoms with Crippen LogP contribution < -0.4 is 31.1 Å². The predicted octanol–water partition coefficient (Wildman–Crippen LogP) is 17.8. The highest BCUT2D eigenvalue weighted by Crippen LogP contribution is 2.63. The molecule has 0 N–H and O–H groups in total. The van der Waals surface area contributed by atoms with Crippen LogP contribution in [0.3, 0.4) is 0 Å². The van der Waals surface area contributed by atoms with E-state index in [0.717, 1.165) is 12.1 Å². The van der Waals surface area contributed by atoms with Crippen LogP contribution in [-0.4, -0.2) is 12.3 Å². The molecule has 1 aliphatic carbocycles. The molecule has 14 rings (SSSR count). The highest BCUT2D eigenvalue weighted by atomic mass is 15.3. The van der Waals surface area contributed by atoms with Crippen molar-refractivity contribution in [3.05, 3.63) is 245 Å². The third kappa shape index (κ3) is 7.11. The van der Waals surface area contributed by atoms with Gasteiger partial charge in [-0.25, -0.2) is 0 Å². The Labute approximate surface area is 471 Å². The molecule has 9 aromatic carbocycles. The van der Waals surface area contributed by atoms with Crippen molar-refractivity contribution in [1.29, 1.82) is 0 Å². The van der Waals surface area contributed by atoms with Gasteiger partial charge in [-0.05, 0) is 163 Å². The van der Waals surface area contributed by atoms with E-state index in [4.69, 9.17) is 0 Å². The normalized spacial score (nSPS) is 19.5. The molecule has 4 aliphatic heterocycles. The number of rotatable bonds is 6. The molecule has 4 heteroatoms. The maximum atomic E-state index is 2.82. The molecule has 4 heterocycles. The first-order valence-corrected chi connectivity index (χ1v) is 29.3. The lowest BCUT2D eigenvalue weighted by Crippen LogP contribution is -2.68. The summed E-state index contributed by atoms with van der Waals surface area (Å²) in [6.45, 7) is 26.1. The van der Waals surface area contributed by atoms with Crippen molar-refractivity contribution >= 4 is 68.6 Å². The third-order valence-electron chi connectivity index (χ3n) is 19.8. The standard InChI is InChI=1S/C75H74BN3/c1-70(2,3)51-34-30-49(31-35-51)50-32-39-56(40-33-50)77-63-28-20-26-59-67(63)76-68-60(75(59,53-22-14-12-15-23-53)54-24-16-13-17-25-54)27-21-29-64(68)78(57-41-36-52(37-42-57)71(4,5)6)66-48-58(47-65(77)69(66)76)79-62-43-38-55(72(7,8)9)46-61(62)73(10)44-18-19-45-74(73,79)11/h12-17,20-43,46-48H,18-19,44-45H2,1-11H3. The molecule has 2 atom stereocenters. The first-order valence-electron chi connectivity index (χ1n) is 29.3. The van der Waals surface area contributed by atoms with Gasteiger partial charge in [0, 0.05) is 50.9 Å². The number of fused-ring (bicyclic) bond motifs is 3. The lowest BCUT2D eigenvalue weighted by Gasteiger charge is -2.53. The number of nitrogens with zero attached hydrogens (tertiary/aromatic N) is 3. The quantitative estimate of drug-likeness (QED) is 0.154. The van der Waals surface area contributed by atoms with Crippen molar-refractivity contribution in [2.24, 2.45) is 0 Å². The summed E-state index contributed by atoms with van der Waals surface area (Å²) in [7, 11) is 0. The van der Waals surface area contributed by atoms with Crippen LogP contribution in [0.2, 0.25) is 0 Å². The second kappa shape index (κ2) is 17.2. The first kappa shape index (κ1) is 49.7. The topological polar surface area (TPSA) is 9.72 Å². The van der Waals surface area contributed by atoms with Gasteiger partial charge in [-0.15, -0.1) is 0 Å². The molecule has 1 saturated carbocycles. The van der Waals surface area contributed by atoms with Gasteiger partial charge in [0.15, 0.2) is 0 Å². The van der Waals surface area contributed by atoms with E-state index in [1.165, 1.54) is 131 Å². The number of benzene rings is 9. The average Bonchev–Trinajstić information content (AvgIpc) is 2.31. The Hall–Kier alpha value is -7.56. The van der Waals surface area contributed by atoms with Crippen molar-refractivity contribution in [1.82, 2.24) is 0 Å². The zero-order chi connectivity index (χ0) is 54.6. The van der Waals surface area contributed by atoms with Crippen LogP contribution in [-0.2, 0) is 27.1 Å². The fourth-order valence-corrected chi connectivity index (χ4v) is 15.4. The SMILES string of the molecule is CC(C)(C)c1ccc(-c2ccc(N3c4cc(N5c6ccc(C(C)(C)C)cc6C6(C)CCCCC56C)cc5c4B4c6c3cccc6C(c3ccccc3)(c3ccccc3)c3cccc(c34)N5c3ccc(C(C)(C)C)cc3)cc2)cc1. The molecule has 9 aromatic rings. The van der Waals surface area contributed by atoms with E-state index in [0.29, 0.717) is 0 Å². The summed E-state index contributed by atoms with van der Waals surface area (Å²) in [6.07, 6.45) is 4.74. The molecular weight excluding hydrogens is 954 g/mol. The van der Waals surface area contributed by atoms with E-state index in [9.17, 15) is 0 Å². The Morgan fingerprint density at radius 2 is 0.810 bits per heavy atom. The van der Waals surface area contributed by atoms with Gasteiger partial charge in [-0.1, -0.05) is 228 Å². The van der Waals surface area contributed by atoms with Crippen LogP contribution in [0.1, 0.15) is 146 Å². The molecule has 0 amide bonds. The van der Waals surface area contributed by atoms with Gasteiger partial charge in [0.1, 0.15) is 0 Å². The second-order valence-electron chi connectivity index (χ2n) is 27.3. The van der Waals surface area contributed by atoms with Crippen molar-refractivity contribution in [2.45, 2.75) is 134 Å². The minimum absolute atomic E-state index is 0.00557. The second-order valence-corrected chi connectivity index (χ2v) is 27.3. The van der Waals surface area contributed by atoms with Crippen LogP contribution in [0.5, 0.6) is 0 Å². The Bertz CT molecular complexity index is 3840. The molecule has 1 fully saturated rings. The van der Waals surface area contributed by atoms with Crippen LogP contribution >= 0.6 is 0 Å². The summed E-state index contributed by atoms with van der Waals surface area (Å²) in [5, 5.41) is 0. The smallest absolute Gasteiger partial charge is 0.253 e. The third-order valence-corrected chi connectivity index (χ3v) is 19.8. The number of hydrogen-bond donors (Lipinski definition) is 0. The molecule has 0 spiro atoms. The number of hydrogen-bond acceptors (Lipinski definition) is 3. The molecule has 0 radical (unpaired) electrons. The number of anilines is 8. The molecule has 0 aromatic heterocycles. The van der Waals surface area contributed by atoms with Gasteiger partial charge in [0.05, 0.1) is 11.0 Å². The van der Waals surface area contributed by atoms with Crippen molar-refractivity contribution < 1.29 is 0 Å². The maximum Gasteiger partial charge on any atom is 0.253 e. The summed E-state index contributed by atoms with van der Waals surface area (Å²) in [6, 6.07) is 78.2. The summed E-state index contributed by atoms with van der Waals surface area (Å²) in [5.74, 6) is 0. The Balaban J connectivity index is 1.10. The Morgan fingerprint density at radius 1 is 0.367 bits per heavy atom. The lowest BCUT2D eigenvalue weighted by molar-refractivity contribution is 0.195.